The van der Waals surface area contributed by atoms with Crippen LogP contribution in [0.3, 0.4) is 0 Å². The second-order valence-electron chi connectivity index (χ2n) is 7.50. The minimum absolute atomic E-state index is 0.182. The van der Waals surface area contributed by atoms with Crippen molar-refractivity contribution in [1.82, 2.24) is 10.0 Å². The van der Waals surface area contributed by atoms with E-state index in [-0.39, 0.29) is 12.4 Å². The summed E-state index contributed by atoms with van der Waals surface area (Å²) in [5.41, 5.74) is 2.07. The lowest BCUT2D eigenvalue weighted by Crippen LogP contribution is -2.36. The number of ether oxygens (including phenoxy) is 1. The molecular weight excluding hydrogens is 345 g/mol. The molecule has 2 fully saturated rings. The van der Waals surface area contributed by atoms with Crippen LogP contribution in [0.15, 0.2) is 48.5 Å². The molecule has 5 nitrogen and oxygen atoms in total. The van der Waals surface area contributed by atoms with Crippen molar-refractivity contribution in [3.63, 3.8) is 0 Å². The molecule has 1 amide bonds. The number of benzene rings is 2. The van der Waals surface area contributed by atoms with Crippen LogP contribution in [0.2, 0.25) is 0 Å². The molecule has 0 spiro atoms. The molecule has 1 saturated heterocycles. The van der Waals surface area contributed by atoms with E-state index in [2.05, 4.69) is 15.3 Å². The summed E-state index contributed by atoms with van der Waals surface area (Å²) in [6.45, 7) is 2.14. The number of nitrogens with one attached hydrogen (secondary N) is 1. The van der Waals surface area contributed by atoms with Gasteiger partial charge in [-0.2, -0.15) is 0 Å². The molecule has 0 radical (unpaired) electrons. The minimum atomic E-state index is -0.587. The van der Waals surface area contributed by atoms with Crippen molar-refractivity contribution in [2.75, 3.05) is 32.5 Å². The van der Waals surface area contributed by atoms with Gasteiger partial charge in [-0.05, 0) is 41.0 Å². The third-order valence-electron chi connectivity index (χ3n) is 5.56. The van der Waals surface area contributed by atoms with Crippen LogP contribution in [-0.4, -0.2) is 43.3 Å². The Labute approximate surface area is 158 Å². The Hall–Kier alpha value is -2.44. The Kier molecular flexibility index (Phi) is 4.85. The van der Waals surface area contributed by atoms with Gasteiger partial charge in [-0.25, -0.2) is 19.2 Å². The summed E-state index contributed by atoms with van der Waals surface area (Å²) in [6, 6.07) is 14.4. The number of anilines is 1. The van der Waals surface area contributed by atoms with Gasteiger partial charge in [0.25, 0.3) is 0 Å². The molecule has 2 aromatic carbocycles. The Morgan fingerprint density at radius 3 is 2.52 bits per heavy atom. The van der Waals surface area contributed by atoms with E-state index in [0.29, 0.717) is 23.4 Å². The van der Waals surface area contributed by atoms with Gasteiger partial charge >= 0.3 is 6.09 Å². The second-order valence-corrected chi connectivity index (χ2v) is 7.50. The van der Waals surface area contributed by atoms with E-state index in [1.807, 2.05) is 44.4 Å². The monoisotopic (exact) mass is 369 g/mol. The molecule has 0 bridgehead atoms. The largest absolute Gasteiger partial charge is 0.444 e. The summed E-state index contributed by atoms with van der Waals surface area (Å²) in [4.78, 5) is 11.9. The fourth-order valence-electron chi connectivity index (χ4n) is 4.04. The van der Waals surface area contributed by atoms with E-state index in [0.717, 1.165) is 24.2 Å². The first kappa shape index (κ1) is 17.9. The number of piperidine rings is 1. The zero-order chi connectivity index (χ0) is 19.0. The van der Waals surface area contributed by atoms with E-state index in [1.165, 1.54) is 6.07 Å². The number of hydrazine groups is 1. The van der Waals surface area contributed by atoms with E-state index in [1.54, 1.807) is 12.1 Å². The topological polar surface area (TPSA) is 44.8 Å². The number of fused-ring (bicyclic) bond motifs is 1. The highest BCUT2D eigenvalue weighted by molar-refractivity contribution is 5.84. The smallest absolute Gasteiger partial charge is 0.411 e. The molecule has 1 saturated carbocycles. The fraction of sp³-hybridized carbons (Fsp3) is 0.381. The van der Waals surface area contributed by atoms with Crippen LogP contribution in [0, 0.1) is 17.7 Å². The highest BCUT2D eigenvalue weighted by Gasteiger charge is 2.57. The van der Waals surface area contributed by atoms with Gasteiger partial charge in [-0.3, -0.25) is 5.32 Å². The third kappa shape index (κ3) is 3.82. The number of rotatable bonds is 5. The van der Waals surface area contributed by atoms with Crippen LogP contribution in [0.4, 0.5) is 14.9 Å². The molecule has 4 rings (SSSR count). The summed E-state index contributed by atoms with van der Waals surface area (Å²) in [5, 5.41) is 6.99. The summed E-state index contributed by atoms with van der Waals surface area (Å²) in [7, 11) is 4.08. The molecule has 1 N–H and O–H groups in total. The van der Waals surface area contributed by atoms with Gasteiger partial charge in [0.05, 0.1) is 0 Å². The summed E-state index contributed by atoms with van der Waals surface area (Å²) in [5.74, 6) is 1.08. The number of carbonyl (C=O) groups is 1. The van der Waals surface area contributed by atoms with Crippen LogP contribution in [0.5, 0.6) is 0 Å². The molecular formula is C21H24FN3O2. The van der Waals surface area contributed by atoms with Gasteiger partial charge in [0.15, 0.2) is 0 Å². The van der Waals surface area contributed by atoms with Crippen molar-refractivity contribution in [2.24, 2.45) is 11.8 Å². The van der Waals surface area contributed by atoms with Gasteiger partial charge in [0.2, 0.25) is 0 Å². The fourth-order valence-corrected chi connectivity index (χ4v) is 4.04. The third-order valence-corrected chi connectivity index (χ3v) is 5.56. The minimum Gasteiger partial charge on any atom is -0.444 e. The number of carbonyl (C=O) groups excluding carboxylic acids is 1. The normalized spacial score (nSPS) is 23.9. The standard InChI is InChI=1S/C21H24FN3O2/c1-24(2)25-11-17-18(12-25)20(17)16-9-8-15(10-19(16)22)23-21(26)27-13-14-6-4-3-5-7-14/h3-10,17-18,20H,11-13H2,1-2H3,(H,23,26)/t17-,18+,20+. The SMILES string of the molecule is CN(C)N1C[C@@H]2[C@H](C1)[C@H]2c1ccc(NC(=O)OCc2ccccc2)cc1F. The first-order chi connectivity index (χ1) is 13.0. The lowest BCUT2D eigenvalue weighted by atomic mass is 10.1. The predicted octanol–water partition coefficient (Wildman–Crippen LogP) is 3.70. The van der Waals surface area contributed by atoms with Crippen LogP contribution in [-0.2, 0) is 11.3 Å². The Morgan fingerprint density at radius 2 is 1.89 bits per heavy atom. The zero-order valence-corrected chi connectivity index (χ0v) is 15.6. The quantitative estimate of drug-likeness (QED) is 0.873. The molecule has 142 valence electrons. The average Bonchev–Trinajstić information content (AvgIpc) is 3.12. The van der Waals surface area contributed by atoms with Crippen molar-refractivity contribution in [2.45, 2.75) is 12.5 Å². The molecule has 2 aliphatic rings. The number of hydrogen-bond acceptors (Lipinski definition) is 4. The molecule has 1 aliphatic carbocycles. The molecule has 3 atom stereocenters. The first-order valence-electron chi connectivity index (χ1n) is 9.22. The van der Waals surface area contributed by atoms with Crippen molar-refractivity contribution in [3.05, 3.63) is 65.5 Å². The lowest BCUT2D eigenvalue weighted by molar-refractivity contribution is 0.0378. The number of nitrogens with zero attached hydrogens (tertiary/aromatic N) is 2. The van der Waals surface area contributed by atoms with Crippen LogP contribution in [0.25, 0.3) is 0 Å². The summed E-state index contributed by atoms with van der Waals surface area (Å²) >= 11 is 0. The zero-order valence-electron chi connectivity index (χ0n) is 15.6. The van der Waals surface area contributed by atoms with Gasteiger partial charge in [0, 0.05) is 32.9 Å². The maximum Gasteiger partial charge on any atom is 0.411 e. The molecule has 1 heterocycles. The first-order valence-corrected chi connectivity index (χ1v) is 9.22. The summed E-state index contributed by atoms with van der Waals surface area (Å²) in [6.07, 6.45) is -0.587. The van der Waals surface area contributed by atoms with Gasteiger partial charge in [0.1, 0.15) is 12.4 Å². The van der Waals surface area contributed by atoms with Crippen molar-refractivity contribution in [3.8, 4) is 0 Å². The van der Waals surface area contributed by atoms with Crippen molar-refractivity contribution < 1.29 is 13.9 Å². The number of hydrogen-bond donors (Lipinski definition) is 1. The van der Waals surface area contributed by atoms with E-state index >= 15 is 0 Å². The number of amides is 1. The average molecular weight is 369 g/mol. The molecule has 0 aromatic heterocycles. The van der Waals surface area contributed by atoms with E-state index in [9.17, 15) is 9.18 Å². The highest BCUT2D eigenvalue weighted by Crippen LogP contribution is 2.58. The number of halogens is 1. The maximum atomic E-state index is 14.6. The van der Waals surface area contributed by atoms with E-state index in [4.69, 9.17) is 4.74 Å². The van der Waals surface area contributed by atoms with Gasteiger partial charge in [-0.15, -0.1) is 0 Å². The predicted molar refractivity (Wildman–Crippen MR) is 102 cm³/mol. The molecule has 1 aliphatic heterocycles. The van der Waals surface area contributed by atoms with Crippen LogP contribution >= 0.6 is 0 Å². The van der Waals surface area contributed by atoms with Crippen molar-refractivity contribution in [1.29, 1.82) is 0 Å². The Bertz CT molecular complexity index is 815. The van der Waals surface area contributed by atoms with Crippen LogP contribution < -0.4 is 5.32 Å². The molecule has 0 unspecified atom stereocenters. The van der Waals surface area contributed by atoms with Crippen molar-refractivity contribution >= 4 is 11.8 Å². The Balaban J connectivity index is 1.32. The summed E-state index contributed by atoms with van der Waals surface area (Å²) < 4.78 is 19.8. The molecule has 6 heteroatoms. The lowest BCUT2D eigenvalue weighted by Gasteiger charge is -2.26. The Morgan fingerprint density at radius 1 is 1.19 bits per heavy atom. The van der Waals surface area contributed by atoms with Gasteiger partial charge in [-0.1, -0.05) is 36.4 Å². The molecule has 27 heavy (non-hydrogen) atoms. The molecule has 2 aromatic rings. The van der Waals surface area contributed by atoms with E-state index < -0.39 is 6.09 Å². The second kappa shape index (κ2) is 7.29. The maximum absolute atomic E-state index is 14.6. The highest BCUT2D eigenvalue weighted by atomic mass is 19.1. The van der Waals surface area contributed by atoms with Gasteiger partial charge < -0.3 is 4.74 Å². The van der Waals surface area contributed by atoms with Crippen LogP contribution in [0.1, 0.15) is 17.0 Å².